The molecule has 0 saturated carbocycles. The number of hydrogen-bond acceptors (Lipinski definition) is 4. The van der Waals surface area contributed by atoms with Gasteiger partial charge < -0.3 is 10.6 Å². The number of hydrogen-bond donors (Lipinski definition) is 1. The van der Waals surface area contributed by atoms with Crippen LogP contribution >= 0.6 is 12.2 Å². The summed E-state index contributed by atoms with van der Waals surface area (Å²) in [7, 11) is 1.63. The lowest BCUT2D eigenvalue weighted by atomic mass is 10.2. The lowest BCUT2D eigenvalue weighted by Gasteiger charge is -2.23. The molecule has 0 fully saturated rings. The Morgan fingerprint density at radius 1 is 1.60 bits per heavy atom. The predicted octanol–water partition coefficient (Wildman–Crippen LogP) is 0.223. The Labute approximate surface area is 93.3 Å². The van der Waals surface area contributed by atoms with Crippen molar-refractivity contribution in [3.8, 4) is 0 Å². The van der Waals surface area contributed by atoms with Crippen molar-refractivity contribution in [2.75, 3.05) is 7.05 Å². The zero-order valence-electron chi connectivity index (χ0n) is 8.54. The first-order valence-corrected chi connectivity index (χ1v) is 4.77. The van der Waals surface area contributed by atoms with E-state index in [-0.39, 0.29) is 22.6 Å². The quantitative estimate of drug-likeness (QED) is 0.744. The second-order valence-electron chi connectivity index (χ2n) is 3.09. The van der Waals surface area contributed by atoms with Gasteiger partial charge in [-0.2, -0.15) is 0 Å². The van der Waals surface area contributed by atoms with Gasteiger partial charge in [0.25, 0.3) is 5.91 Å². The highest BCUT2D eigenvalue weighted by molar-refractivity contribution is 7.80. The predicted molar refractivity (Wildman–Crippen MR) is 60.4 cm³/mol. The molecule has 1 amide bonds. The van der Waals surface area contributed by atoms with Crippen LogP contribution in [0, 0.1) is 0 Å². The van der Waals surface area contributed by atoms with Crippen LogP contribution in [0.25, 0.3) is 0 Å². The Kier molecular flexibility index (Phi) is 3.68. The Bertz CT molecular complexity index is 368. The fraction of sp³-hybridized carbons (Fsp3) is 0.333. The highest BCUT2D eigenvalue weighted by Gasteiger charge is 2.19. The number of thiocarbonyl (C=S) groups is 1. The fourth-order valence-electron chi connectivity index (χ4n) is 0.957. The zero-order valence-corrected chi connectivity index (χ0v) is 9.36. The Morgan fingerprint density at radius 3 is 2.73 bits per heavy atom. The third-order valence-electron chi connectivity index (χ3n) is 2.10. The van der Waals surface area contributed by atoms with E-state index in [1.165, 1.54) is 23.5 Å². The fourth-order valence-corrected chi connectivity index (χ4v) is 1.12. The number of nitrogens with two attached hydrogens (primary N) is 1. The molecule has 1 unspecified atom stereocenters. The van der Waals surface area contributed by atoms with Crippen molar-refractivity contribution >= 4 is 23.1 Å². The van der Waals surface area contributed by atoms with Gasteiger partial charge in [0.1, 0.15) is 5.69 Å². The molecule has 0 saturated heterocycles. The maximum absolute atomic E-state index is 11.8. The van der Waals surface area contributed by atoms with Gasteiger partial charge in [0.15, 0.2) is 0 Å². The maximum atomic E-state index is 11.8. The van der Waals surface area contributed by atoms with Crippen LogP contribution in [0.2, 0.25) is 0 Å². The Morgan fingerprint density at radius 2 is 2.27 bits per heavy atom. The van der Waals surface area contributed by atoms with Gasteiger partial charge in [0.2, 0.25) is 0 Å². The van der Waals surface area contributed by atoms with E-state index in [1.54, 1.807) is 14.0 Å². The molecule has 1 atom stereocenters. The summed E-state index contributed by atoms with van der Waals surface area (Å²) in [6, 6.07) is -0.297. The number of rotatable bonds is 3. The molecule has 1 heterocycles. The maximum Gasteiger partial charge on any atom is 0.274 e. The van der Waals surface area contributed by atoms with Gasteiger partial charge in [-0.05, 0) is 6.92 Å². The molecule has 0 aliphatic heterocycles. The molecule has 80 valence electrons. The summed E-state index contributed by atoms with van der Waals surface area (Å²) in [6.45, 7) is 1.76. The van der Waals surface area contributed by atoms with E-state index < -0.39 is 0 Å². The van der Waals surface area contributed by atoms with Gasteiger partial charge in [-0.15, -0.1) is 0 Å². The van der Waals surface area contributed by atoms with Crippen molar-refractivity contribution in [3.63, 3.8) is 0 Å². The molecule has 6 heteroatoms. The van der Waals surface area contributed by atoms with Crippen LogP contribution in [-0.4, -0.2) is 38.9 Å². The first-order valence-electron chi connectivity index (χ1n) is 4.36. The van der Waals surface area contributed by atoms with Crippen LogP contribution in [0.4, 0.5) is 0 Å². The Balaban J connectivity index is 2.82. The van der Waals surface area contributed by atoms with E-state index >= 15 is 0 Å². The van der Waals surface area contributed by atoms with Crippen LogP contribution in [0.1, 0.15) is 17.4 Å². The molecular formula is C9H12N4OS. The van der Waals surface area contributed by atoms with E-state index in [1.807, 2.05) is 0 Å². The lowest BCUT2D eigenvalue weighted by Crippen LogP contribution is -2.43. The van der Waals surface area contributed by atoms with Crippen molar-refractivity contribution in [3.05, 3.63) is 24.3 Å². The van der Waals surface area contributed by atoms with Crippen LogP contribution < -0.4 is 5.73 Å². The number of carbonyl (C=O) groups excluding carboxylic acids is 1. The average Bonchev–Trinajstić information content (AvgIpc) is 2.27. The Hall–Kier alpha value is -1.56. The van der Waals surface area contributed by atoms with Crippen molar-refractivity contribution in [1.82, 2.24) is 14.9 Å². The van der Waals surface area contributed by atoms with Crippen molar-refractivity contribution in [1.29, 1.82) is 0 Å². The number of amides is 1. The molecule has 0 radical (unpaired) electrons. The van der Waals surface area contributed by atoms with Crippen LogP contribution in [-0.2, 0) is 0 Å². The summed E-state index contributed by atoms with van der Waals surface area (Å²) in [5, 5.41) is 0. The molecule has 0 aliphatic rings. The SMILES string of the molecule is CC(C(N)=S)N(C)C(=O)c1cnccn1. The summed E-state index contributed by atoms with van der Waals surface area (Å²) in [5.41, 5.74) is 5.73. The minimum Gasteiger partial charge on any atom is -0.392 e. The number of likely N-dealkylation sites (N-methyl/N-ethyl adjacent to an activating group) is 1. The largest absolute Gasteiger partial charge is 0.392 e. The van der Waals surface area contributed by atoms with E-state index in [4.69, 9.17) is 18.0 Å². The minimum absolute atomic E-state index is 0.247. The molecule has 0 aromatic carbocycles. The third-order valence-corrected chi connectivity index (χ3v) is 2.44. The number of carbonyl (C=O) groups is 1. The third kappa shape index (κ3) is 2.69. The molecular weight excluding hydrogens is 212 g/mol. The standard InChI is InChI=1S/C9H12N4OS/c1-6(8(10)15)13(2)9(14)7-5-11-3-4-12-7/h3-6H,1-2H3,(H2,10,15). The van der Waals surface area contributed by atoms with E-state index in [0.717, 1.165) is 0 Å². The number of aromatic nitrogens is 2. The van der Waals surface area contributed by atoms with Gasteiger partial charge >= 0.3 is 0 Å². The van der Waals surface area contributed by atoms with Crippen molar-refractivity contribution in [2.45, 2.75) is 13.0 Å². The van der Waals surface area contributed by atoms with Crippen molar-refractivity contribution in [2.24, 2.45) is 5.73 Å². The van der Waals surface area contributed by atoms with Gasteiger partial charge in [-0.25, -0.2) is 4.98 Å². The molecule has 15 heavy (non-hydrogen) atoms. The van der Waals surface area contributed by atoms with Gasteiger partial charge in [0, 0.05) is 19.4 Å². The van der Waals surface area contributed by atoms with Crippen LogP contribution in [0.3, 0.4) is 0 Å². The van der Waals surface area contributed by atoms with Gasteiger partial charge in [0.05, 0.1) is 17.2 Å². The second kappa shape index (κ2) is 4.79. The second-order valence-corrected chi connectivity index (χ2v) is 3.56. The molecule has 0 spiro atoms. The molecule has 0 aliphatic carbocycles. The molecule has 0 bridgehead atoms. The molecule has 2 N–H and O–H groups in total. The van der Waals surface area contributed by atoms with E-state index in [0.29, 0.717) is 0 Å². The van der Waals surface area contributed by atoms with E-state index in [9.17, 15) is 4.79 Å². The molecule has 1 aromatic heterocycles. The first-order chi connectivity index (χ1) is 7.04. The number of nitrogens with zero attached hydrogens (tertiary/aromatic N) is 3. The minimum atomic E-state index is -0.297. The van der Waals surface area contributed by atoms with E-state index in [2.05, 4.69) is 9.97 Å². The zero-order chi connectivity index (χ0) is 11.4. The smallest absolute Gasteiger partial charge is 0.274 e. The molecule has 1 aromatic rings. The molecule has 1 rings (SSSR count). The average molecular weight is 224 g/mol. The summed E-state index contributed by atoms with van der Waals surface area (Å²) in [6.07, 6.45) is 4.38. The monoisotopic (exact) mass is 224 g/mol. The normalized spacial score (nSPS) is 11.9. The van der Waals surface area contributed by atoms with Gasteiger partial charge in [-0.3, -0.25) is 9.78 Å². The van der Waals surface area contributed by atoms with Crippen LogP contribution in [0.5, 0.6) is 0 Å². The molecule has 5 nitrogen and oxygen atoms in total. The van der Waals surface area contributed by atoms with Crippen molar-refractivity contribution < 1.29 is 4.79 Å². The highest BCUT2D eigenvalue weighted by atomic mass is 32.1. The summed E-state index contributed by atoms with van der Waals surface area (Å²) in [5.74, 6) is -0.247. The van der Waals surface area contributed by atoms with Gasteiger partial charge in [-0.1, -0.05) is 12.2 Å². The summed E-state index contributed by atoms with van der Waals surface area (Å²) >= 11 is 4.81. The highest BCUT2D eigenvalue weighted by Crippen LogP contribution is 2.02. The lowest BCUT2D eigenvalue weighted by molar-refractivity contribution is 0.0772. The summed E-state index contributed by atoms with van der Waals surface area (Å²) < 4.78 is 0. The topological polar surface area (TPSA) is 72.1 Å². The summed E-state index contributed by atoms with van der Waals surface area (Å²) in [4.78, 5) is 21.2. The first kappa shape index (κ1) is 11.5. The van der Waals surface area contributed by atoms with Crippen LogP contribution in [0.15, 0.2) is 18.6 Å².